The monoisotopic (exact) mass is 852 g/mol. The third-order valence-electron chi connectivity index (χ3n) is 6.62. The van der Waals surface area contributed by atoms with Crippen LogP contribution in [0.25, 0.3) is 6.08 Å². The van der Waals surface area contributed by atoms with Crippen LogP contribution in [0.4, 0.5) is 0 Å². The van der Waals surface area contributed by atoms with E-state index < -0.39 is 12.0 Å². The maximum atomic E-state index is 14.0. The lowest BCUT2D eigenvalue weighted by atomic mass is 9.97. The molecule has 2 heterocycles. The first-order chi connectivity index (χ1) is 21.2. The van der Waals surface area contributed by atoms with E-state index in [1.165, 1.54) is 29.2 Å². The number of fused-ring (bicyclic) bond motifs is 1. The Balaban J connectivity index is 1.54. The third-order valence-corrected chi connectivity index (χ3v) is 9.52. The van der Waals surface area contributed by atoms with Crippen LogP contribution in [0.2, 0.25) is 0 Å². The van der Waals surface area contributed by atoms with Gasteiger partial charge in [-0.1, -0.05) is 29.5 Å². The van der Waals surface area contributed by atoms with E-state index in [-0.39, 0.29) is 11.1 Å². The molecule has 1 aliphatic rings. The van der Waals surface area contributed by atoms with E-state index in [0.29, 0.717) is 52.0 Å². The maximum Gasteiger partial charge on any atom is 0.337 e. The van der Waals surface area contributed by atoms with Crippen molar-refractivity contribution in [3.63, 3.8) is 0 Å². The molecule has 0 fully saturated rings. The Hall–Kier alpha value is -2.94. The Morgan fingerprint density at radius 3 is 2.34 bits per heavy atom. The molecule has 5 rings (SSSR count). The summed E-state index contributed by atoms with van der Waals surface area (Å²) in [6, 6.07) is 16.5. The highest BCUT2D eigenvalue weighted by Crippen LogP contribution is 2.37. The summed E-state index contributed by atoms with van der Waals surface area (Å²) in [5.41, 5.74) is 2.44. The fourth-order valence-electron chi connectivity index (χ4n) is 4.68. The SMILES string of the molecule is CCOc1ccc([C@H]2C(C(=O)OC)=CN=c3s/c(=C\c4cc(Br)c(OCc5ccc(I)cc5)c(Br)c4)c(=O)n32)cc1OCC. The van der Waals surface area contributed by atoms with Crippen LogP contribution >= 0.6 is 65.8 Å². The van der Waals surface area contributed by atoms with Gasteiger partial charge in [-0.3, -0.25) is 9.36 Å². The van der Waals surface area contributed by atoms with E-state index in [1.807, 2.05) is 56.3 Å². The molecule has 1 atom stereocenters. The van der Waals surface area contributed by atoms with Gasteiger partial charge in [-0.05, 0) is 127 Å². The van der Waals surface area contributed by atoms with Gasteiger partial charge < -0.3 is 18.9 Å². The number of nitrogens with zero attached hydrogens (tertiary/aromatic N) is 2. The maximum absolute atomic E-state index is 14.0. The number of halogens is 3. The molecule has 12 heteroatoms. The van der Waals surface area contributed by atoms with Crippen molar-refractivity contribution in [2.24, 2.45) is 4.99 Å². The Labute approximate surface area is 288 Å². The zero-order valence-electron chi connectivity index (χ0n) is 23.9. The number of esters is 1. The summed E-state index contributed by atoms with van der Waals surface area (Å²) >= 11 is 10.8. The van der Waals surface area contributed by atoms with Crippen LogP contribution in [0.1, 0.15) is 36.6 Å². The number of hydrogen-bond donors (Lipinski definition) is 0. The fourth-order valence-corrected chi connectivity index (χ4v) is 7.46. The van der Waals surface area contributed by atoms with E-state index in [2.05, 4.69) is 59.4 Å². The molecule has 3 aromatic carbocycles. The van der Waals surface area contributed by atoms with Gasteiger partial charge >= 0.3 is 5.97 Å². The molecule has 0 radical (unpaired) electrons. The van der Waals surface area contributed by atoms with Crippen LogP contribution < -0.4 is 29.1 Å². The lowest BCUT2D eigenvalue weighted by molar-refractivity contribution is -0.136. The average Bonchev–Trinajstić information content (AvgIpc) is 3.32. The summed E-state index contributed by atoms with van der Waals surface area (Å²) in [6.45, 7) is 5.07. The van der Waals surface area contributed by atoms with Crippen molar-refractivity contribution in [1.29, 1.82) is 0 Å². The number of carbonyl (C=O) groups is 1. The molecule has 8 nitrogen and oxygen atoms in total. The summed E-state index contributed by atoms with van der Waals surface area (Å²) in [5.74, 6) is 1.18. The quantitative estimate of drug-likeness (QED) is 0.133. The topological polar surface area (TPSA) is 88.4 Å². The summed E-state index contributed by atoms with van der Waals surface area (Å²) < 4.78 is 27.3. The zero-order valence-corrected chi connectivity index (χ0v) is 30.1. The van der Waals surface area contributed by atoms with Gasteiger partial charge in [0.25, 0.3) is 5.56 Å². The second-order valence-corrected chi connectivity index (χ2v) is 13.4. The van der Waals surface area contributed by atoms with Crippen LogP contribution in [0.3, 0.4) is 0 Å². The van der Waals surface area contributed by atoms with Crippen LogP contribution in [0.15, 0.2) is 85.1 Å². The molecule has 228 valence electrons. The smallest absolute Gasteiger partial charge is 0.337 e. The molecular formula is C32H27Br2IN2O6S. The molecule has 0 saturated carbocycles. The number of methoxy groups -OCH3 is 1. The average molecular weight is 854 g/mol. The van der Waals surface area contributed by atoms with Gasteiger partial charge in [0.1, 0.15) is 12.4 Å². The van der Waals surface area contributed by atoms with Gasteiger partial charge in [-0.15, -0.1) is 0 Å². The number of benzene rings is 3. The van der Waals surface area contributed by atoms with Crippen molar-refractivity contribution in [3.05, 3.63) is 115 Å². The molecule has 4 aromatic rings. The van der Waals surface area contributed by atoms with Crippen molar-refractivity contribution in [3.8, 4) is 17.2 Å². The highest BCUT2D eigenvalue weighted by Gasteiger charge is 2.31. The summed E-state index contributed by atoms with van der Waals surface area (Å²) in [4.78, 5) is 31.7. The number of carbonyl (C=O) groups excluding carboxylic acids is 1. The Kier molecular flexibility index (Phi) is 10.7. The molecule has 0 N–H and O–H groups in total. The minimum Gasteiger partial charge on any atom is -0.490 e. The number of hydrogen-bond acceptors (Lipinski definition) is 8. The van der Waals surface area contributed by atoms with Gasteiger partial charge in [0.2, 0.25) is 0 Å². The Morgan fingerprint density at radius 2 is 1.68 bits per heavy atom. The van der Waals surface area contributed by atoms with Gasteiger partial charge in [-0.2, -0.15) is 0 Å². The normalized spacial score (nSPS) is 14.4. The Morgan fingerprint density at radius 1 is 1.00 bits per heavy atom. The zero-order chi connectivity index (χ0) is 31.4. The first-order valence-corrected chi connectivity index (χ1v) is 17.1. The van der Waals surface area contributed by atoms with E-state index >= 15 is 0 Å². The van der Waals surface area contributed by atoms with Crippen LogP contribution in [0.5, 0.6) is 17.2 Å². The third kappa shape index (κ3) is 6.98. The van der Waals surface area contributed by atoms with Gasteiger partial charge in [0.15, 0.2) is 16.3 Å². The number of aromatic nitrogens is 1. The van der Waals surface area contributed by atoms with Gasteiger partial charge in [0, 0.05) is 9.77 Å². The Bertz CT molecular complexity index is 1900. The second-order valence-electron chi connectivity index (χ2n) is 9.48. The lowest BCUT2D eigenvalue weighted by Gasteiger charge is -2.23. The van der Waals surface area contributed by atoms with Crippen molar-refractivity contribution in [1.82, 2.24) is 4.57 Å². The van der Waals surface area contributed by atoms with Gasteiger partial charge in [-0.25, -0.2) is 9.79 Å². The van der Waals surface area contributed by atoms with E-state index in [1.54, 1.807) is 18.2 Å². The minimum absolute atomic E-state index is 0.234. The molecule has 1 aromatic heterocycles. The largest absolute Gasteiger partial charge is 0.490 e. The molecule has 44 heavy (non-hydrogen) atoms. The van der Waals surface area contributed by atoms with Crippen molar-refractivity contribution in [2.45, 2.75) is 26.5 Å². The second kappa shape index (κ2) is 14.4. The molecule has 1 aliphatic heterocycles. The summed E-state index contributed by atoms with van der Waals surface area (Å²) in [7, 11) is 1.30. The standard InChI is InChI=1S/C32H27Br2IN2O6S/c1-4-41-25-11-8-20(15-26(25)42-5-2)28-22(31(39)40-3)16-36-32-37(28)30(38)27(44-32)14-19-12-23(33)29(24(34)13-19)43-17-18-6-9-21(35)10-7-18/h6-16,28H,4-5,17H2,1-3H3/b27-14-/t28-/m0/s1. The number of rotatable bonds is 10. The number of ether oxygens (including phenoxy) is 4. The first kappa shape index (κ1) is 32.5. The number of thiazole rings is 1. The van der Waals surface area contributed by atoms with E-state index in [4.69, 9.17) is 18.9 Å². The van der Waals surface area contributed by atoms with Crippen LogP contribution in [-0.2, 0) is 16.1 Å². The van der Waals surface area contributed by atoms with Crippen molar-refractivity contribution in [2.75, 3.05) is 20.3 Å². The molecule has 0 bridgehead atoms. The van der Waals surface area contributed by atoms with Crippen molar-refractivity contribution >= 4 is 77.8 Å². The van der Waals surface area contributed by atoms with Crippen molar-refractivity contribution < 1.29 is 23.7 Å². The molecule has 0 amide bonds. The predicted octanol–water partition coefficient (Wildman–Crippen LogP) is 6.52. The predicted molar refractivity (Wildman–Crippen MR) is 185 cm³/mol. The van der Waals surface area contributed by atoms with Crippen LogP contribution in [0, 0.1) is 3.57 Å². The highest BCUT2D eigenvalue weighted by molar-refractivity contribution is 14.1. The molecular weight excluding hydrogens is 827 g/mol. The molecule has 0 aliphatic carbocycles. The molecule has 0 saturated heterocycles. The van der Waals surface area contributed by atoms with E-state index in [9.17, 15) is 9.59 Å². The summed E-state index contributed by atoms with van der Waals surface area (Å²) in [5, 5.41) is 0. The van der Waals surface area contributed by atoms with Crippen LogP contribution in [-0.4, -0.2) is 30.9 Å². The summed E-state index contributed by atoms with van der Waals surface area (Å²) in [6.07, 6.45) is 3.26. The minimum atomic E-state index is -0.772. The molecule has 0 unspecified atom stereocenters. The molecule has 0 spiro atoms. The van der Waals surface area contributed by atoms with Gasteiger partial charge in [0.05, 0.1) is 45.4 Å². The van der Waals surface area contributed by atoms with E-state index in [0.717, 1.165) is 23.6 Å². The lowest BCUT2D eigenvalue weighted by Crippen LogP contribution is -2.39. The fraction of sp³-hybridized carbons (Fsp3) is 0.219. The first-order valence-electron chi connectivity index (χ1n) is 13.6. The highest BCUT2D eigenvalue weighted by atomic mass is 127.